The van der Waals surface area contributed by atoms with Gasteiger partial charge in [-0.25, -0.2) is 5.48 Å². The number of likely N-dealkylation sites (N-methyl/N-ethyl adjacent to an activating group) is 2. The molecule has 13 nitrogen and oxygen atoms in total. The average molecular weight is 423 g/mol. The summed E-state index contributed by atoms with van der Waals surface area (Å²) < 4.78 is 47.4. The number of rotatable bonds is 6. The molecule has 26 heavy (non-hydrogen) atoms. The largest absolute Gasteiger partial charge is 0.550 e. The van der Waals surface area contributed by atoms with Crippen molar-refractivity contribution in [3.8, 4) is 0 Å². The molecule has 16 heteroatoms. The number of hydrogen-bond acceptors (Lipinski definition) is 13. The minimum Gasteiger partial charge on any atom is -0.472 e. The fraction of sp³-hybridized carbons (Fsp3) is 0.800. The van der Waals surface area contributed by atoms with E-state index in [-0.39, 0.29) is 0 Å². The van der Waals surface area contributed by atoms with E-state index in [1.165, 1.54) is 6.26 Å². The first-order chi connectivity index (χ1) is 12.3. The van der Waals surface area contributed by atoms with Gasteiger partial charge in [-0.3, -0.25) is 27.2 Å². The zero-order valence-electron chi connectivity index (χ0n) is 15.4. The summed E-state index contributed by atoms with van der Waals surface area (Å²) in [7, 11) is 1.81. The molecule has 5 aliphatic rings. The predicted octanol–water partition coefficient (Wildman–Crippen LogP) is -2.45. The van der Waals surface area contributed by atoms with E-state index in [4.69, 9.17) is 31.9 Å². The van der Waals surface area contributed by atoms with Crippen LogP contribution in [0.15, 0.2) is 12.8 Å². The first-order valence-corrected chi connectivity index (χ1v) is 13.3. The highest BCUT2D eigenvalue weighted by Gasteiger charge is 3.12. The molecule has 5 heterocycles. The Balaban J connectivity index is 1.74. The Morgan fingerprint density at radius 2 is 1.42 bits per heavy atom. The van der Waals surface area contributed by atoms with E-state index < -0.39 is 36.3 Å². The second-order valence-electron chi connectivity index (χ2n) is 6.63. The second kappa shape index (κ2) is 4.82. The Hall–Kier alpha value is -0.289. The Morgan fingerprint density at radius 1 is 0.885 bits per heavy atom. The fourth-order valence-corrected chi connectivity index (χ4v) is 18.5. The SMILES string of the molecule is C=COC1(C2([Si]3(ONC)ON3C)N(C)O[Si]23ON3C)N(C)O[Si]12ON2C. The van der Waals surface area contributed by atoms with Crippen LogP contribution in [0, 0.1) is 0 Å². The summed E-state index contributed by atoms with van der Waals surface area (Å²) in [5.41, 5.74) is 2.79. The molecule has 0 amide bonds. The first-order valence-electron chi connectivity index (χ1n) is 8.04. The monoisotopic (exact) mass is 422 g/mol. The maximum Gasteiger partial charge on any atom is 0.550 e. The molecule has 1 N–H and O–H groups in total. The van der Waals surface area contributed by atoms with Gasteiger partial charge in [0.1, 0.15) is 0 Å². The van der Waals surface area contributed by atoms with Gasteiger partial charge < -0.3 is 4.74 Å². The van der Waals surface area contributed by atoms with Crippen molar-refractivity contribution in [2.45, 2.75) is 10.1 Å². The Kier molecular flexibility index (Phi) is 3.29. The molecule has 0 aromatic rings. The molecule has 0 saturated carbocycles. The third kappa shape index (κ3) is 1.42. The van der Waals surface area contributed by atoms with Crippen LogP contribution in [0.4, 0.5) is 0 Å². The quantitative estimate of drug-likeness (QED) is 0.212. The molecule has 8 unspecified atom stereocenters. The Labute approximate surface area is 153 Å². The molecule has 8 atom stereocenters. The number of hydrogen-bond donors (Lipinski definition) is 1. The molecule has 0 aromatic heterocycles. The normalized spacial score (nSPS) is 60.5. The van der Waals surface area contributed by atoms with Crippen molar-refractivity contribution in [1.82, 2.24) is 29.8 Å². The van der Waals surface area contributed by atoms with Crippen LogP contribution in [0.2, 0.25) is 0 Å². The summed E-state index contributed by atoms with van der Waals surface area (Å²) >= 11 is 0. The molecule has 5 saturated heterocycles. The molecule has 5 rings (SSSR count). The number of nitrogens with one attached hydrogen (secondary N) is 1. The number of nitrogens with zero attached hydrogens (tertiary/aromatic N) is 5. The number of hydroxylamine groups is 8. The fourth-order valence-electron chi connectivity index (χ4n) is 4.61. The van der Waals surface area contributed by atoms with E-state index in [0.29, 0.717) is 0 Å². The first kappa shape index (κ1) is 17.8. The maximum absolute atomic E-state index is 6.24. The highest BCUT2D eigenvalue weighted by Crippen LogP contribution is 2.71. The predicted molar refractivity (Wildman–Crippen MR) is 88.4 cm³/mol. The third-order valence-corrected chi connectivity index (χ3v) is 18.3. The zero-order chi connectivity index (χ0) is 18.8. The lowest BCUT2D eigenvalue weighted by Crippen LogP contribution is -3.01. The molecular weight excluding hydrogens is 400 g/mol. The lowest BCUT2D eigenvalue weighted by Gasteiger charge is -2.65. The van der Waals surface area contributed by atoms with E-state index in [9.17, 15) is 0 Å². The molecule has 5 aliphatic heterocycles. The average Bonchev–Trinajstić information content (AvgIpc) is 3.50. The van der Waals surface area contributed by atoms with Gasteiger partial charge in [0.2, 0.25) is 4.79 Å². The Bertz CT molecular complexity index is 697. The zero-order valence-corrected chi connectivity index (χ0v) is 18.4. The van der Waals surface area contributed by atoms with Crippen molar-refractivity contribution in [2.24, 2.45) is 0 Å². The van der Waals surface area contributed by atoms with E-state index >= 15 is 0 Å². The summed E-state index contributed by atoms with van der Waals surface area (Å²) in [6, 6.07) is 0. The lowest BCUT2D eigenvalue weighted by atomic mass is 10.4. The van der Waals surface area contributed by atoms with E-state index in [1.54, 1.807) is 38.4 Å². The molecule has 5 fully saturated rings. The van der Waals surface area contributed by atoms with Crippen molar-refractivity contribution in [3.63, 3.8) is 0 Å². The topological polar surface area (TPSA) is 102 Å². The minimum absolute atomic E-state index is 0.905. The van der Waals surface area contributed by atoms with Crippen molar-refractivity contribution < 1.29 is 31.9 Å². The van der Waals surface area contributed by atoms with Gasteiger partial charge >= 0.3 is 26.2 Å². The van der Waals surface area contributed by atoms with Crippen molar-refractivity contribution >= 4 is 26.2 Å². The van der Waals surface area contributed by atoms with Crippen LogP contribution in [-0.4, -0.2) is 103 Å². The van der Waals surface area contributed by atoms with Gasteiger partial charge in [0.25, 0.3) is 5.35 Å². The van der Waals surface area contributed by atoms with E-state index in [2.05, 4.69) is 12.1 Å². The second-order valence-corrected chi connectivity index (χ2v) is 15.8. The highest BCUT2D eigenvalue weighted by molar-refractivity contribution is 6.98. The summed E-state index contributed by atoms with van der Waals surface area (Å²) in [5.74, 6) is 0. The summed E-state index contributed by atoms with van der Waals surface area (Å²) in [6.45, 7) is 3.78. The Morgan fingerprint density at radius 3 is 1.77 bits per heavy atom. The van der Waals surface area contributed by atoms with Crippen LogP contribution < -0.4 is 5.48 Å². The van der Waals surface area contributed by atoms with Gasteiger partial charge in [-0.15, -0.1) is 0 Å². The lowest BCUT2D eigenvalue weighted by molar-refractivity contribution is -0.341. The van der Waals surface area contributed by atoms with E-state index in [0.717, 1.165) is 0 Å². The molecule has 146 valence electrons. The summed E-state index contributed by atoms with van der Waals surface area (Å²) in [5, 5.41) is 2.31. The number of ether oxygens (including phenoxy) is 1. The molecule has 2 spiro atoms. The van der Waals surface area contributed by atoms with Gasteiger partial charge in [0, 0.05) is 42.3 Å². The molecule has 0 radical (unpaired) electrons. The molecule has 0 aromatic carbocycles. The molecular formula is C10H22N6O7Si3. The van der Waals surface area contributed by atoms with Gasteiger partial charge in [-0.2, -0.15) is 24.3 Å². The molecule has 0 bridgehead atoms. The highest BCUT2D eigenvalue weighted by atomic mass is 28.5. The van der Waals surface area contributed by atoms with Crippen LogP contribution in [0.1, 0.15) is 0 Å². The van der Waals surface area contributed by atoms with Gasteiger partial charge in [0.05, 0.1) is 6.26 Å². The standard InChI is InChI=1S/C10H22N6O7Si3/c1-8-17-9(12(3)19-24(9)14(5)21-24)10(25(18-11-2)15(6)22-25)13(4)20-26(10)16(7)23-26/h8,11H,1H2,2-7H3. The maximum atomic E-state index is 6.24. The van der Waals surface area contributed by atoms with Crippen LogP contribution in [0.5, 0.6) is 0 Å². The van der Waals surface area contributed by atoms with Gasteiger partial charge in [-0.05, 0) is 0 Å². The van der Waals surface area contributed by atoms with Crippen LogP contribution in [0.3, 0.4) is 0 Å². The van der Waals surface area contributed by atoms with Gasteiger partial charge in [-0.1, -0.05) is 6.58 Å². The molecule has 0 aliphatic carbocycles. The van der Waals surface area contributed by atoms with E-state index in [1.807, 2.05) is 28.2 Å². The van der Waals surface area contributed by atoms with Crippen molar-refractivity contribution in [3.05, 3.63) is 12.8 Å². The van der Waals surface area contributed by atoms with Crippen molar-refractivity contribution in [1.29, 1.82) is 0 Å². The van der Waals surface area contributed by atoms with Gasteiger partial charge in [0.15, 0.2) is 0 Å². The summed E-state index contributed by atoms with van der Waals surface area (Å²) in [4.78, 5) is -0.905. The minimum atomic E-state index is -3.11. The van der Waals surface area contributed by atoms with Crippen LogP contribution in [-0.2, 0) is 31.9 Å². The summed E-state index contributed by atoms with van der Waals surface area (Å²) in [6.07, 6.45) is 1.39. The van der Waals surface area contributed by atoms with Crippen LogP contribution in [0.25, 0.3) is 0 Å². The third-order valence-electron chi connectivity index (χ3n) is 5.69. The van der Waals surface area contributed by atoms with Crippen molar-refractivity contribution in [2.75, 3.05) is 42.3 Å². The smallest absolute Gasteiger partial charge is 0.472 e. The van der Waals surface area contributed by atoms with Crippen LogP contribution >= 0.6 is 0 Å².